The van der Waals surface area contributed by atoms with Crippen molar-refractivity contribution in [1.29, 1.82) is 0 Å². The summed E-state index contributed by atoms with van der Waals surface area (Å²) >= 11 is 0. The Balaban J connectivity index is 2.19. The van der Waals surface area contributed by atoms with Gasteiger partial charge in [-0.05, 0) is 12.5 Å². The lowest BCUT2D eigenvalue weighted by atomic mass is 10.3. The van der Waals surface area contributed by atoms with Gasteiger partial charge < -0.3 is 14.2 Å². The Morgan fingerprint density at radius 3 is 3.07 bits per heavy atom. The van der Waals surface area contributed by atoms with Crippen LogP contribution in [-0.4, -0.2) is 31.4 Å². The third-order valence-corrected chi connectivity index (χ3v) is 1.80. The number of rotatable bonds is 5. The molecule has 0 amide bonds. The summed E-state index contributed by atoms with van der Waals surface area (Å²) in [6.45, 7) is 2.58. The van der Waals surface area contributed by atoms with E-state index in [4.69, 9.17) is 4.74 Å². The Morgan fingerprint density at radius 2 is 2.47 bits per heavy atom. The monoisotopic (exact) mass is 214 g/mol. The van der Waals surface area contributed by atoms with Crippen LogP contribution in [0, 0.1) is 0 Å². The highest BCUT2D eigenvalue weighted by Crippen LogP contribution is 2.07. The number of hydrogen-bond donors (Lipinski definition) is 0. The standard InChI is InChI=1S/C10H14O5/c1-2-3-6-13-9(11)5-4-8-7-14-10(12)15-8/h4-5,8H,2-3,6-7H2,1H3/b5-4+/t8-/m0/s1. The van der Waals surface area contributed by atoms with E-state index in [1.807, 2.05) is 6.92 Å². The second kappa shape index (κ2) is 6.06. The molecule has 0 bridgehead atoms. The van der Waals surface area contributed by atoms with Gasteiger partial charge in [-0.25, -0.2) is 9.59 Å². The summed E-state index contributed by atoms with van der Waals surface area (Å²) in [4.78, 5) is 21.6. The molecular weight excluding hydrogens is 200 g/mol. The molecule has 0 aromatic carbocycles. The van der Waals surface area contributed by atoms with Gasteiger partial charge in [-0.1, -0.05) is 13.3 Å². The maximum absolute atomic E-state index is 11.1. The topological polar surface area (TPSA) is 61.8 Å². The van der Waals surface area contributed by atoms with Gasteiger partial charge in [-0.15, -0.1) is 0 Å². The van der Waals surface area contributed by atoms with E-state index in [1.165, 1.54) is 12.2 Å². The summed E-state index contributed by atoms with van der Waals surface area (Å²) in [7, 11) is 0. The van der Waals surface area contributed by atoms with Gasteiger partial charge in [-0.3, -0.25) is 0 Å². The summed E-state index contributed by atoms with van der Waals surface area (Å²) in [5.41, 5.74) is 0. The molecule has 5 nitrogen and oxygen atoms in total. The highest BCUT2D eigenvalue weighted by molar-refractivity contribution is 5.82. The van der Waals surface area contributed by atoms with Crippen LogP contribution in [0.15, 0.2) is 12.2 Å². The number of esters is 1. The first-order valence-corrected chi connectivity index (χ1v) is 4.90. The Kier molecular flexibility index (Phi) is 4.66. The van der Waals surface area contributed by atoms with Gasteiger partial charge in [0, 0.05) is 6.08 Å². The highest BCUT2D eigenvalue weighted by Gasteiger charge is 2.22. The number of cyclic esters (lactones) is 2. The molecule has 0 aromatic rings. The summed E-state index contributed by atoms with van der Waals surface area (Å²) in [6, 6.07) is 0. The van der Waals surface area contributed by atoms with Crippen LogP contribution in [0.1, 0.15) is 19.8 Å². The van der Waals surface area contributed by atoms with Crippen LogP contribution in [0.4, 0.5) is 4.79 Å². The van der Waals surface area contributed by atoms with Gasteiger partial charge >= 0.3 is 12.1 Å². The van der Waals surface area contributed by atoms with Crippen molar-refractivity contribution in [3.63, 3.8) is 0 Å². The lowest BCUT2D eigenvalue weighted by Gasteiger charge is -2.00. The first-order valence-electron chi connectivity index (χ1n) is 4.90. The Labute approximate surface area is 88.0 Å². The second-order valence-corrected chi connectivity index (χ2v) is 3.10. The average Bonchev–Trinajstić information content (AvgIpc) is 2.62. The molecule has 1 atom stereocenters. The minimum atomic E-state index is -0.705. The van der Waals surface area contributed by atoms with E-state index < -0.39 is 18.2 Å². The Morgan fingerprint density at radius 1 is 1.67 bits per heavy atom. The normalized spacial score (nSPS) is 20.1. The Hall–Kier alpha value is -1.52. The van der Waals surface area contributed by atoms with Crippen LogP contribution in [0.25, 0.3) is 0 Å². The molecule has 0 N–H and O–H groups in total. The molecule has 1 heterocycles. The molecule has 15 heavy (non-hydrogen) atoms. The molecule has 0 saturated carbocycles. The van der Waals surface area contributed by atoms with Crippen molar-refractivity contribution in [1.82, 2.24) is 0 Å². The fraction of sp³-hybridized carbons (Fsp3) is 0.600. The largest absolute Gasteiger partial charge is 0.509 e. The van der Waals surface area contributed by atoms with E-state index >= 15 is 0 Å². The van der Waals surface area contributed by atoms with E-state index in [0.29, 0.717) is 6.61 Å². The van der Waals surface area contributed by atoms with Crippen LogP contribution >= 0.6 is 0 Å². The van der Waals surface area contributed by atoms with Gasteiger partial charge in [0.1, 0.15) is 6.61 Å². The third kappa shape index (κ3) is 4.49. The fourth-order valence-electron chi connectivity index (χ4n) is 0.988. The van der Waals surface area contributed by atoms with E-state index in [-0.39, 0.29) is 6.61 Å². The minimum Gasteiger partial charge on any atom is -0.463 e. The lowest BCUT2D eigenvalue weighted by molar-refractivity contribution is -0.137. The van der Waals surface area contributed by atoms with Gasteiger partial charge in [0.15, 0.2) is 6.10 Å². The summed E-state index contributed by atoms with van der Waals surface area (Å²) in [6.07, 6.45) is 3.36. The number of hydrogen-bond acceptors (Lipinski definition) is 5. The van der Waals surface area contributed by atoms with E-state index in [0.717, 1.165) is 12.8 Å². The van der Waals surface area contributed by atoms with Crippen LogP contribution in [0.5, 0.6) is 0 Å². The molecule has 0 aromatic heterocycles. The smallest absolute Gasteiger partial charge is 0.463 e. The number of ether oxygens (including phenoxy) is 3. The Bertz CT molecular complexity index is 259. The number of carbonyl (C=O) groups is 2. The van der Waals surface area contributed by atoms with Gasteiger partial charge in [0.2, 0.25) is 0 Å². The molecule has 5 heteroatoms. The first-order chi connectivity index (χ1) is 7.22. The summed E-state index contributed by atoms with van der Waals surface area (Å²) in [5.74, 6) is -0.425. The molecule has 0 unspecified atom stereocenters. The SMILES string of the molecule is CCCCOC(=O)/C=C/[C@H]1COC(=O)O1. The third-order valence-electron chi connectivity index (χ3n) is 1.80. The molecule has 1 aliphatic heterocycles. The zero-order chi connectivity index (χ0) is 11.1. The van der Waals surface area contributed by atoms with Gasteiger partial charge in [-0.2, -0.15) is 0 Å². The molecule has 0 radical (unpaired) electrons. The van der Waals surface area contributed by atoms with E-state index in [9.17, 15) is 9.59 Å². The summed E-state index contributed by atoms with van der Waals surface area (Å²) in [5, 5.41) is 0. The van der Waals surface area contributed by atoms with Crippen molar-refractivity contribution in [2.45, 2.75) is 25.9 Å². The van der Waals surface area contributed by atoms with E-state index in [1.54, 1.807) is 0 Å². The van der Waals surface area contributed by atoms with Gasteiger partial charge in [0.05, 0.1) is 6.61 Å². The molecule has 0 spiro atoms. The fourth-order valence-corrected chi connectivity index (χ4v) is 0.988. The van der Waals surface area contributed by atoms with Crippen molar-refractivity contribution in [2.75, 3.05) is 13.2 Å². The summed E-state index contributed by atoms with van der Waals surface area (Å²) < 4.78 is 14.1. The number of unbranched alkanes of at least 4 members (excludes halogenated alkanes) is 1. The maximum atomic E-state index is 11.1. The van der Waals surface area contributed by atoms with Crippen molar-refractivity contribution in [3.8, 4) is 0 Å². The molecule has 1 saturated heterocycles. The van der Waals surface area contributed by atoms with Gasteiger partial charge in [0.25, 0.3) is 0 Å². The minimum absolute atomic E-state index is 0.150. The molecule has 1 rings (SSSR count). The quantitative estimate of drug-likeness (QED) is 0.393. The molecule has 84 valence electrons. The van der Waals surface area contributed by atoms with Crippen LogP contribution in [0.3, 0.4) is 0 Å². The predicted molar refractivity (Wildman–Crippen MR) is 51.2 cm³/mol. The molecule has 1 fully saturated rings. The van der Waals surface area contributed by atoms with Crippen molar-refractivity contribution in [2.24, 2.45) is 0 Å². The predicted octanol–water partition coefficient (Wildman–Crippen LogP) is 1.42. The zero-order valence-corrected chi connectivity index (χ0v) is 8.60. The maximum Gasteiger partial charge on any atom is 0.509 e. The lowest BCUT2D eigenvalue weighted by Crippen LogP contribution is -2.08. The van der Waals surface area contributed by atoms with Crippen molar-refractivity contribution in [3.05, 3.63) is 12.2 Å². The highest BCUT2D eigenvalue weighted by atomic mass is 16.8. The van der Waals surface area contributed by atoms with Crippen molar-refractivity contribution >= 4 is 12.1 Å². The van der Waals surface area contributed by atoms with Crippen molar-refractivity contribution < 1.29 is 23.8 Å². The second-order valence-electron chi connectivity index (χ2n) is 3.10. The number of carbonyl (C=O) groups excluding carboxylic acids is 2. The molecule has 1 aliphatic rings. The van der Waals surface area contributed by atoms with Crippen LogP contribution in [0.2, 0.25) is 0 Å². The zero-order valence-electron chi connectivity index (χ0n) is 8.60. The van der Waals surface area contributed by atoms with Crippen LogP contribution in [-0.2, 0) is 19.0 Å². The average molecular weight is 214 g/mol. The van der Waals surface area contributed by atoms with E-state index in [2.05, 4.69) is 9.47 Å². The molecule has 0 aliphatic carbocycles. The first kappa shape index (κ1) is 11.6. The van der Waals surface area contributed by atoms with Crippen LogP contribution < -0.4 is 0 Å². The molecular formula is C10H14O5.